The Hall–Kier alpha value is -2.15. The number of benzene rings is 1. The van der Waals surface area contributed by atoms with E-state index in [1.807, 2.05) is 6.07 Å². The molecule has 0 aliphatic heterocycles. The zero-order valence-electron chi connectivity index (χ0n) is 8.64. The summed E-state index contributed by atoms with van der Waals surface area (Å²) in [6, 6.07) is 8.01. The average Bonchev–Trinajstić information content (AvgIpc) is 3.12. The van der Waals surface area contributed by atoms with Crippen molar-refractivity contribution in [1.29, 1.82) is 5.26 Å². The van der Waals surface area contributed by atoms with Crippen LogP contribution in [0.4, 0.5) is 5.82 Å². The highest BCUT2D eigenvalue weighted by Gasteiger charge is 2.21. The third kappa shape index (κ3) is 1.68. The van der Waals surface area contributed by atoms with Crippen molar-refractivity contribution < 1.29 is 0 Å². The normalized spacial score (nSPS) is 14.7. The van der Waals surface area contributed by atoms with E-state index in [1.54, 1.807) is 18.3 Å². The van der Waals surface area contributed by atoms with Crippen LogP contribution < -0.4 is 5.32 Å². The fourth-order valence-corrected chi connectivity index (χ4v) is 1.59. The first-order valence-electron chi connectivity index (χ1n) is 5.28. The molecule has 1 fully saturated rings. The molecule has 1 aromatic heterocycles. The molecule has 78 valence electrons. The summed E-state index contributed by atoms with van der Waals surface area (Å²) in [5.74, 6) is 0.819. The number of anilines is 1. The number of nitrogens with zero attached hydrogens (tertiary/aromatic N) is 3. The molecule has 0 saturated heterocycles. The first-order chi connectivity index (χ1) is 7.85. The predicted molar refractivity (Wildman–Crippen MR) is 60.9 cm³/mol. The van der Waals surface area contributed by atoms with Gasteiger partial charge in [0.1, 0.15) is 5.82 Å². The Balaban J connectivity index is 2.01. The maximum absolute atomic E-state index is 8.77. The van der Waals surface area contributed by atoms with E-state index in [-0.39, 0.29) is 0 Å². The summed E-state index contributed by atoms with van der Waals surface area (Å²) >= 11 is 0. The first kappa shape index (κ1) is 9.10. The van der Waals surface area contributed by atoms with Crippen molar-refractivity contribution in [3.8, 4) is 6.07 Å². The Kier molecular flexibility index (Phi) is 1.97. The van der Waals surface area contributed by atoms with E-state index in [9.17, 15) is 0 Å². The maximum atomic E-state index is 8.77. The van der Waals surface area contributed by atoms with Crippen molar-refractivity contribution in [2.45, 2.75) is 18.9 Å². The van der Waals surface area contributed by atoms with Crippen LogP contribution in [-0.4, -0.2) is 16.0 Å². The van der Waals surface area contributed by atoms with Crippen LogP contribution in [0.25, 0.3) is 11.0 Å². The van der Waals surface area contributed by atoms with Crippen LogP contribution in [0.3, 0.4) is 0 Å². The molecule has 1 aromatic carbocycles. The number of hydrogen-bond acceptors (Lipinski definition) is 4. The monoisotopic (exact) mass is 210 g/mol. The fourth-order valence-electron chi connectivity index (χ4n) is 1.59. The highest BCUT2D eigenvalue weighted by molar-refractivity contribution is 5.77. The zero-order valence-corrected chi connectivity index (χ0v) is 8.64. The minimum absolute atomic E-state index is 0.574. The van der Waals surface area contributed by atoms with Crippen LogP contribution >= 0.6 is 0 Å². The molecule has 0 atom stereocenters. The second-order valence-corrected chi connectivity index (χ2v) is 3.99. The van der Waals surface area contributed by atoms with Crippen LogP contribution in [0, 0.1) is 11.3 Å². The maximum Gasteiger partial charge on any atom is 0.145 e. The van der Waals surface area contributed by atoms with E-state index in [1.165, 1.54) is 12.8 Å². The van der Waals surface area contributed by atoms with E-state index in [2.05, 4.69) is 21.4 Å². The Morgan fingerprint density at radius 3 is 2.94 bits per heavy atom. The summed E-state index contributed by atoms with van der Waals surface area (Å²) in [4.78, 5) is 8.74. The Morgan fingerprint density at radius 2 is 2.19 bits per heavy atom. The molecule has 0 radical (unpaired) electrons. The molecule has 0 unspecified atom stereocenters. The molecular formula is C12H10N4. The Labute approximate surface area is 92.9 Å². The standard InChI is InChI=1S/C12H10N4/c13-6-8-1-4-10-11(5-8)14-7-12(16-10)15-9-2-3-9/h1,4-5,7,9H,2-3H2,(H,15,16). The van der Waals surface area contributed by atoms with Gasteiger partial charge < -0.3 is 5.32 Å². The molecule has 1 N–H and O–H groups in total. The summed E-state index contributed by atoms with van der Waals surface area (Å²) in [6.07, 6.45) is 4.15. The van der Waals surface area contributed by atoms with Gasteiger partial charge in [-0.3, -0.25) is 4.98 Å². The van der Waals surface area contributed by atoms with E-state index in [0.717, 1.165) is 16.9 Å². The van der Waals surface area contributed by atoms with Crippen molar-refractivity contribution >= 4 is 16.9 Å². The summed E-state index contributed by atoms with van der Waals surface area (Å²) in [5.41, 5.74) is 2.20. The van der Waals surface area contributed by atoms with Crippen LogP contribution in [0.2, 0.25) is 0 Å². The molecule has 0 amide bonds. The van der Waals surface area contributed by atoms with Gasteiger partial charge in [-0.25, -0.2) is 4.98 Å². The number of aromatic nitrogens is 2. The zero-order chi connectivity index (χ0) is 11.0. The van der Waals surface area contributed by atoms with E-state index < -0.39 is 0 Å². The van der Waals surface area contributed by atoms with Gasteiger partial charge in [-0.1, -0.05) is 0 Å². The number of nitrogens with one attached hydrogen (secondary N) is 1. The summed E-state index contributed by atoms with van der Waals surface area (Å²) < 4.78 is 0. The second kappa shape index (κ2) is 3.46. The fraction of sp³-hybridized carbons (Fsp3) is 0.250. The smallest absolute Gasteiger partial charge is 0.145 e. The molecule has 16 heavy (non-hydrogen) atoms. The van der Waals surface area contributed by atoms with Gasteiger partial charge in [-0.15, -0.1) is 0 Å². The van der Waals surface area contributed by atoms with E-state index >= 15 is 0 Å². The Morgan fingerprint density at radius 1 is 1.31 bits per heavy atom. The minimum Gasteiger partial charge on any atom is -0.366 e. The predicted octanol–water partition coefficient (Wildman–Crippen LogP) is 2.08. The molecule has 4 nitrogen and oxygen atoms in total. The summed E-state index contributed by atoms with van der Waals surface area (Å²) in [7, 11) is 0. The lowest BCUT2D eigenvalue weighted by atomic mass is 10.2. The van der Waals surface area contributed by atoms with Gasteiger partial charge in [0, 0.05) is 6.04 Å². The lowest BCUT2D eigenvalue weighted by molar-refractivity contribution is 1.11. The average molecular weight is 210 g/mol. The first-order valence-corrected chi connectivity index (χ1v) is 5.28. The second-order valence-electron chi connectivity index (χ2n) is 3.99. The van der Waals surface area contributed by atoms with Crippen molar-refractivity contribution in [3.05, 3.63) is 30.0 Å². The van der Waals surface area contributed by atoms with Crippen molar-refractivity contribution in [2.24, 2.45) is 0 Å². The highest BCUT2D eigenvalue weighted by Crippen LogP contribution is 2.24. The van der Waals surface area contributed by atoms with Crippen molar-refractivity contribution in [2.75, 3.05) is 5.32 Å². The van der Waals surface area contributed by atoms with Gasteiger partial charge in [0.05, 0.1) is 28.9 Å². The summed E-state index contributed by atoms with van der Waals surface area (Å²) in [5, 5.41) is 12.1. The van der Waals surface area contributed by atoms with Gasteiger partial charge in [-0.2, -0.15) is 5.26 Å². The van der Waals surface area contributed by atoms with E-state index in [0.29, 0.717) is 11.6 Å². The molecule has 4 heteroatoms. The quantitative estimate of drug-likeness (QED) is 0.824. The molecule has 1 heterocycles. The molecule has 1 saturated carbocycles. The largest absolute Gasteiger partial charge is 0.366 e. The molecule has 0 spiro atoms. The SMILES string of the molecule is N#Cc1ccc2nc(NC3CC3)cnc2c1. The van der Waals surface area contributed by atoms with Gasteiger partial charge in [0.15, 0.2) is 0 Å². The lowest BCUT2D eigenvalue weighted by Crippen LogP contribution is -2.03. The third-order valence-electron chi connectivity index (χ3n) is 2.60. The van der Waals surface area contributed by atoms with Gasteiger partial charge in [0.25, 0.3) is 0 Å². The van der Waals surface area contributed by atoms with Gasteiger partial charge in [0.2, 0.25) is 0 Å². The lowest BCUT2D eigenvalue weighted by Gasteiger charge is -2.04. The number of nitriles is 1. The van der Waals surface area contributed by atoms with Crippen LogP contribution in [-0.2, 0) is 0 Å². The molecular weight excluding hydrogens is 200 g/mol. The van der Waals surface area contributed by atoms with Crippen LogP contribution in [0.5, 0.6) is 0 Å². The summed E-state index contributed by atoms with van der Waals surface area (Å²) in [6.45, 7) is 0. The number of hydrogen-bond donors (Lipinski definition) is 1. The third-order valence-corrected chi connectivity index (χ3v) is 2.60. The molecule has 0 bridgehead atoms. The molecule has 3 rings (SSSR count). The molecule has 1 aliphatic carbocycles. The highest BCUT2D eigenvalue weighted by atomic mass is 15.1. The van der Waals surface area contributed by atoms with E-state index in [4.69, 9.17) is 5.26 Å². The molecule has 1 aliphatic rings. The van der Waals surface area contributed by atoms with Crippen LogP contribution in [0.1, 0.15) is 18.4 Å². The number of fused-ring (bicyclic) bond motifs is 1. The van der Waals surface area contributed by atoms with Gasteiger partial charge in [-0.05, 0) is 31.0 Å². The van der Waals surface area contributed by atoms with Crippen molar-refractivity contribution in [1.82, 2.24) is 9.97 Å². The Bertz CT molecular complexity index is 581. The minimum atomic E-state index is 0.574. The molecule has 2 aromatic rings. The van der Waals surface area contributed by atoms with Gasteiger partial charge >= 0.3 is 0 Å². The van der Waals surface area contributed by atoms with Crippen molar-refractivity contribution in [3.63, 3.8) is 0 Å². The topological polar surface area (TPSA) is 61.6 Å². The van der Waals surface area contributed by atoms with Crippen LogP contribution in [0.15, 0.2) is 24.4 Å². The number of rotatable bonds is 2.